The summed E-state index contributed by atoms with van der Waals surface area (Å²) in [7, 11) is 1.59. The quantitative estimate of drug-likeness (QED) is 0.227. The van der Waals surface area contributed by atoms with Crippen LogP contribution >= 0.6 is 0 Å². The molecular formula is C31H24N4O4. The van der Waals surface area contributed by atoms with Crippen LogP contribution in [-0.4, -0.2) is 18.1 Å². The standard InChI is InChI=1S/C31H24N4O4/c1-37-25-11-7-23(8-12-25)34-31(36)35-24-9-13-26(14-10-24)39-29-15-16-33-28-18-30(22(19-32)17-27(28)29)38-20-21-5-3-2-4-6-21/h2-18H,20H2,1H3,(H2,34,35,36). The second-order valence-corrected chi connectivity index (χ2v) is 8.49. The number of anilines is 2. The van der Waals surface area contributed by atoms with Gasteiger partial charge in [0.05, 0.1) is 18.2 Å². The van der Waals surface area contributed by atoms with E-state index in [0.29, 0.717) is 57.4 Å². The van der Waals surface area contributed by atoms with Crippen LogP contribution < -0.4 is 24.8 Å². The predicted molar refractivity (Wildman–Crippen MR) is 149 cm³/mol. The normalized spacial score (nSPS) is 10.4. The third kappa shape index (κ3) is 6.24. The average molecular weight is 517 g/mol. The molecule has 0 bridgehead atoms. The fourth-order valence-electron chi connectivity index (χ4n) is 3.88. The molecule has 8 heteroatoms. The number of nitrogens with one attached hydrogen (secondary N) is 2. The molecule has 2 amide bonds. The average Bonchev–Trinajstić information content (AvgIpc) is 2.97. The molecule has 2 N–H and O–H groups in total. The maximum atomic E-state index is 12.3. The van der Waals surface area contributed by atoms with Crippen molar-refractivity contribution in [3.8, 4) is 29.1 Å². The number of nitriles is 1. The first-order valence-electron chi connectivity index (χ1n) is 12.1. The molecule has 0 radical (unpaired) electrons. The summed E-state index contributed by atoms with van der Waals surface area (Å²) in [5, 5.41) is 16.0. The molecule has 192 valence electrons. The number of carbonyl (C=O) groups is 1. The minimum Gasteiger partial charge on any atom is -0.497 e. The summed E-state index contributed by atoms with van der Waals surface area (Å²) in [6, 6.07) is 30.8. The first kappa shape index (κ1) is 25.1. The van der Waals surface area contributed by atoms with Gasteiger partial charge >= 0.3 is 6.03 Å². The Hall–Kier alpha value is -5.55. The van der Waals surface area contributed by atoms with Gasteiger partial charge in [0.1, 0.15) is 35.7 Å². The van der Waals surface area contributed by atoms with Crippen LogP contribution in [0.4, 0.5) is 16.2 Å². The molecule has 39 heavy (non-hydrogen) atoms. The Kier molecular flexibility index (Phi) is 7.51. The Balaban J connectivity index is 1.27. The summed E-state index contributed by atoms with van der Waals surface area (Å²) in [6.45, 7) is 0.343. The number of ether oxygens (including phenoxy) is 3. The molecule has 0 atom stereocenters. The highest BCUT2D eigenvalue weighted by Gasteiger charge is 2.12. The van der Waals surface area contributed by atoms with Gasteiger partial charge in [0.25, 0.3) is 0 Å². The lowest BCUT2D eigenvalue weighted by atomic mass is 10.1. The summed E-state index contributed by atoms with van der Waals surface area (Å²) in [4.78, 5) is 16.8. The molecule has 5 rings (SSSR count). The number of nitrogens with zero attached hydrogens (tertiary/aromatic N) is 2. The van der Waals surface area contributed by atoms with Gasteiger partial charge in [0.2, 0.25) is 0 Å². The third-order valence-corrected chi connectivity index (χ3v) is 5.85. The lowest BCUT2D eigenvalue weighted by molar-refractivity contribution is 0.262. The number of hydrogen-bond donors (Lipinski definition) is 2. The lowest BCUT2D eigenvalue weighted by Crippen LogP contribution is -2.19. The Morgan fingerprint density at radius 2 is 1.51 bits per heavy atom. The van der Waals surface area contributed by atoms with Crippen molar-refractivity contribution in [2.45, 2.75) is 6.61 Å². The zero-order valence-corrected chi connectivity index (χ0v) is 21.0. The maximum absolute atomic E-state index is 12.3. The molecule has 0 spiro atoms. The van der Waals surface area contributed by atoms with Crippen molar-refractivity contribution in [2.24, 2.45) is 0 Å². The van der Waals surface area contributed by atoms with E-state index in [-0.39, 0.29) is 6.03 Å². The van der Waals surface area contributed by atoms with Gasteiger partial charge in [0.15, 0.2) is 0 Å². The number of rotatable bonds is 8. The first-order chi connectivity index (χ1) is 19.1. The largest absolute Gasteiger partial charge is 0.497 e. The summed E-state index contributed by atoms with van der Waals surface area (Å²) >= 11 is 0. The molecule has 0 fully saturated rings. The topological polar surface area (TPSA) is 106 Å². The number of methoxy groups -OCH3 is 1. The van der Waals surface area contributed by atoms with Gasteiger partial charge in [-0.25, -0.2) is 4.79 Å². The van der Waals surface area contributed by atoms with Crippen molar-refractivity contribution >= 4 is 28.3 Å². The summed E-state index contributed by atoms with van der Waals surface area (Å²) in [5.41, 5.74) is 3.27. The number of urea groups is 1. The number of aromatic nitrogens is 1. The van der Waals surface area contributed by atoms with Crippen LogP contribution in [0.2, 0.25) is 0 Å². The van der Waals surface area contributed by atoms with Crippen LogP contribution in [-0.2, 0) is 6.61 Å². The van der Waals surface area contributed by atoms with Gasteiger partial charge in [-0.05, 0) is 66.2 Å². The van der Waals surface area contributed by atoms with E-state index in [1.54, 1.807) is 80.0 Å². The van der Waals surface area contributed by atoms with Crippen LogP contribution in [0.5, 0.6) is 23.0 Å². The minimum absolute atomic E-state index is 0.343. The molecule has 0 aliphatic carbocycles. The van der Waals surface area contributed by atoms with Crippen LogP contribution in [0.25, 0.3) is 10.9 Å². The smallest absolute Gasteiger partial charge is 0.323 e. The highest BCUT2D eigenvalue weighted by Crippen LogP contribution is 2.33. The third-order valence-electron chi connectivity index (χ3n) is 5.85. The van der Waals surface area contributed by atoms with Crippen LogP contribution in [0.3, 0.4) is 0 Å². The fourth-order valence-corrected chi connectivity index (χ4v) is 3.88. The van der Waals surface area contributed by atoms with E-state index < -0.39 is 0 Å². The van der Waals surface area contributed by atoms with E-state index in [1.165, 1.54) is 0 Å². The number of carbonyl (C=O) groups excluding carboxylic acids is 1. The fraction of sp³-hybridized carbons (Fsp3) is 0.0645. The van der Waals surface area contributed by atoms with Crippen LogP contribution in [0.15, 0.2) is 103 Å². The minimum atomic E-state index is -0.372. The van der Waals surface area contributed by atoms with Crippen molar-refractivity contribution in [3.05, 3.63) is 114 Å². The number of fused-ring (bicyclic) bond motifs is 1. The summed E-state index contributed by atoms with van der Waals surface area (Å²) < 4.78 is 17.2. The van der Waals surface area contributed by atoms with Gasteiger partial charge in [-0.1, -0.05) is 30.3 Å². The first-order valence-corrected chi connectivity index (χ1v) is 12.1. The van der Waals surface area contributed by atoms with E-state index in [0.717, 1.165) is 5.56 Å². The van der Waals surface area contributed by atoms with Crippen molar-refractivity contribution in [2.75, 3.05) is 17.7 Å². The Labute approximate surface area is 225 Å². The molecule has 0 unspecified atom stereocenters. The molecule has 1 heterocycles. The Morgan fingerprint density at radius 1 is 0.846 bits per heavy atom. The zero-order chi connectivity index (χ0) is 27.0. The van der Waals surface area contributed by atoms with E-state index >= 15 is 0 Å². The summed E-state index contributed by atoms with van der Waals surface area (Å²) in [6.07, 6.45) is 1.64. The van der Waals surface area contributed by atoms with Gasteiger partial charge in [-0.15, -0.1) is 0 Å². The van der Waals surface area contributed by atoms with Gasteiger partial charge < -0.3 is 24.8 Å². The molecule has 1 aromatic heterocycles. The molecule has 5 aromatic rings. The Bertz CT molecular complexity index is 1630. The number of pyridine rings is 1. The molecule has 0 saturated carbocycles. The molecule has 0 saturated heterocycles. The highest BCUT2D eigenvalue weighted by molar-refractivity contribution is 5.99. The van der Waals surface area contributed by atoms with Crippen molar-refractivity contribution in [3.63, 3.8) is 0 Å². The van der Waals surface area contributed by atoms with Crippen molar-refractivity contribution in [1.29, 1.82) is 5.26 Å². The predicted octanol–water partition coefficient (Wildman–Crippen LogP) is 7.13. The number of amides is 2. The van der Waals surface area contributed by atoms with E-state index in [1.807, 2.05) is 30.3 Å². The van der Waals surface area contributed by atoms with Crippen LogP contribution in [0, 0.1) is 11.3 Å². The SMILES string of the molecule is COc1ccc(NC(=O)Nc2ccc(Oc3ccnc4cc(OCc5ccccc5)c(C#N)cc34)cc2)cc1. The highest BCUT2D eigenvalue weighted by atomic mass is 16.5. The van der Waals surface area contributed by atoms with E-state index in [4.69, 9.17) is 14.2 Å². The number of hydrogen-bond acceptors (Lipinski definition) is 6. The molecule has 0 aliphatic heterocycles. The second kappa shape index (κ2) is 11.7. The molecule has 4 aromatic carbocycles. The summed E-state index contributed by atoms with van der Waals surface area (Å²) in [5.74, 6) is 2.27. The van der Waals surface area contributed by atoms with Gasteiger partial charge in [-0.3, -0.25) is 4.98 Å². The monoisotopic (exact) mass is 516 g/mol. The van der Waals surface area contributed by atoms with E-state index in [2.05, 4.69) is 21.7 Å². The van der Waals surface area contributed by atoms with Crippen molar-refractivity contribution < 1.29 is 19.0 Å². The number of benzene rings is 4. The van der Waals surface area contributed by atoms with Crippen LogP contribution in [0.1, 0.15) is 11.1 Å². The van der Waals surface area contributed by atoms with Crippen molar-refractivity contribution in [1.82, 2.24) is 4.98 Å². The Morgan fingerprint density at radius 3 is 2.15 bits per heavy atom. The van der Waals surface area contributed by atoms with Gasteiger partial charge in [0, 0.05) is 29.0 Å². The molecule has 0 aliphatic rings. The molecular weight excluding hydrogens is 492 g/mol. The van der Waals surface area contributed by atoms with E-state index in [9.17, 15) is 10.1 Å². The lowest BCUT2D eigenvalue weighted by Gasteiger charge is -2.13. The second-order valence-electron chi connectivity index (χ2n) is 8.49. The van der Waals surface area contributed by atoms with Gasteiger partial charge in [-0.2, -0.15) is 5.26 Å². The molecule has 8 nitrogen and oxygen atoms in total. The zero-order valence-electron chi connectivity index (χ0n) is 21.0. The maximum Gasteiger partial charge on any atom is 0.323 e.